The second-order valence-electron chi connectivity index (χ2n) is 3.41. The molecule has 2 amide bonds. The van der Waals surface area contributed by atoms with Gasteiger partial charge in [-0.05, 0) is 26.8 Å². The molecule has 0 bridgehead atoms. The number of rotatable bonds is 2. The van der Waals surface area contributed by atoms with Crippen molar-refractivity contribution in [3.05, 3.63) is 0 Å². The molecule has 0 radical (unpaired) electrons. The maximum Gasteiger partial charge on any atom is 0.317 e. The molecule has 0 aromatic rings. The van der Waals surface area contributed by atoms with Crippen molar-refractivity contribution in [1.82, 2.24) is 15.5 Å². The van der Waals surface area contributed by atoms with E-state index in [1.54, 1.807) is 0 Å². The molecule has 1 heterocycles. The summed E-state index contributed by atoms with van der Waals surface area (Å²) in [5.41, 5.74) is 0. The minimum absolute atomic E-state index is 0. The topological polar surface area (TPSA) is 44.4 Å². The summed E-state index contributed by atoms with van der Waals surface area (Å²) in [6.07, 6.45) is 2.27. The van der Waals surface area contributed by atoms with Gasteiger partial charge in [0.15, 0.2) is 0 Å². The lowest BCUT2D eigenvalue weighted by Gasteiger charge is -2.32. The van der Waals surface area contributed by atoms with Gasteiger partial charge in [0.25, 0.3) is 0 Å². The lowest BCUT2D eigenvalue weighted by Crippen LogP contribution is -2.50. The summed E-state index contributed by atoms with van der Waals surface area (Å²) >= 11 is 0. The highest BCUT2D eigenvalue weighted by atomic mass is 35.5. The Morgan fingerprint density at radius 2 is 2.29 bits per heavy atom. The van der Waals surface area contributed by atoms with Crippen LogP contribution < -0.4 is 10.6 Å². The van der Waals surface area contributed by atoms with Crippen molar-refractivity contribution in [2.24, 2.45) is 0 Å². The molecule has 0 spiro atoms. The number of amides is 2. The third-order valence-electron chi connectivity index (χ3n) is 2.44. The summed E-state index contributed by atoms with van der Waals surface area (Å²) in [5, 5.41) is 6.03. The van der Waals surface area contributed by atoms with E-state index in [9.17, 15) is 4.79 Å². The van der Waals surface area contributed by atoms with Crippen LogP contribution in [-0.4, -0.2) is 43.7 Å². The number of urea groups is 1. The third-order valence-corrected chi connectivity index (χ3v) is 2.44. The number of nitrogens with one attached hydrogen (secondary N) is 2. The molecule has 1 unspecified atom stereocenters. The van der Waals surface area contributed by atoms with E-state index in [1.165, 1.54) is 6.42 Å². The van der Waals surface area contributed by atoms with Gasteiger partial charge in [-0.15, -0.1) is 12.4 Å². The zero-order chi connectivity index (χ0) is 9.68. The van der Waals surface area contributed by atoms with E-state index in [4.69, 9.17) is 0 Å². The van der Waals surface area contributed by atoms with Crippen molar-refractivity contribution in [3.8, 4) is 0 Å². The van der Waals surface area contributed by atoms with Crippen LogP contribution in [0.25, 0.3) is 0 Å². The molecule has 1 aliphatic rings. The third kappa shape index (κ3) is 3.72. The van der Waals surface area contributed by atoms with Crippen molar-refractivity contribution in [1.29, 1.82) is 0 Å². The summed E-state index contributed by atoms with van der Waals surface area (Å²) in [7, 11) is 1.95. The maximum atomic E-state index is 11.4. The Kier molecular flexibility index (Phi) is 6.66. The van der Waals surface area contributed by atoms with Gasteiger partial charge in [-0.2, -0.15) is 0 Å². The molecule has 0 saturated carbocycles. The zero-order valence-electron chi connectivity index (χ0n) is 8.88. The number of likely N-dealkylation sites (tertiary alicyclic amines) is 1. The standard InChI is InChI=1S/C9H19N3O.ClH/c1-3-11-9(13)12-6-4-5-8(7-12)10-2;/h8,10H,3-7H2,1-2H3,(H,11,13);1H. The molecule has 1 aliphatic heterocycles. The summed E-state index contributed by atoms with van der Waals surface area (Å²) in [5.74, 6) is 0. The molecule has 0 aromatic heterocycles. The number of piperidine rings is 1. The number of likely N-dealkylation sites (N-methyl/N-ethyl adjacent to an activating group) is 1. The van der Waals surface area contributed by atoms with Crippen molar-refractivity contribution in [3.63, 3.8) is 0 Å². The number of halogens is 1. The molecule has 1 atom stereocenters. The van der Waals surface area contributed by atoms with E-state index in [0.717, 1.165) is 19.5 Å². The highest BCUT2D eigenvalue weighted by Gasteiger charge is 2.21. The highest BCUT2D eigenvalue weighted by Crippen LogP contribution is 2.09. The van der Waals surface area contributed by atoms with Gasteiger partial charge < -0.3 is 15.5 Å². The van der Waals surface area contributed by atoms with Gasteiger partial charge in [0, 0.05) is 25.7 Å². The molecule has 14 heavy (non-hydrogen) atoms. The molecule has 84 valence electrons. The summed E-state index contributed by atoms with van der Waals surface area (Å²) in [6, 6.07) is 0.541. The summed E-state index contributed by atoms with van der Waals surface area (Å²) < 4.78 is 0. The van der Waals surface area contributed by atoms with Crippen LogP contribution in [-0.2, 0) is 0 Å². The summed E-state index contributed by atoms with van der Waals surface area (Å²) in [6.45, 7) is 4.38. The average Bonchev–Trinajstić information content (AvgIpc) is 2.18. The van der Waals surface area contributed by atoms with Gasteiger partial charge in [-0.25, -0.2) is 4.79 Å². The maximum absolute atomic E-state index is 11.4. The normalized spacial score (nSPS) is 21.3. The van der Waals surface area contributed by atoms with Gasteiger partial charge in [0.1, 0.15) is 0 Å². The van der Waals surface area contributed by atoms with Gasteiger partial charge in [0.2, 0.25) is 0 Å². The van der Waals surface area contributed by atoms with E-state index in [0.29, 0.717) is 12.6 Å². The molecule has 1 rings (SSSR count). The first-order chi connectivity index (χ1) is 6.27. The van der Waals surface area contributed by atoms with Crippen LogP contribution in [0.2, 0.25) is 0 Å². The largest absolute Gasteiger partial charge is 0.338 e. The predicted octanol–water partition coefficient (Wildman–Crippen LogP) is 0.821. The minimum Gasteiger partial charge on any atom is -0.338 e. The van der Waals surface area contributed by atoms with Crippen molar-refractivity contribution in [2.45, 2.75) is 25.8 Å². The molecule has 0 aliphatic carbocycles. The smallest absolute Gasteiger partial charge is 0.317 e. The molecule has 0 aromatic carbocycles. The highest BCUT2D eigenvalue weighted by molar-refractivity contribution is 5.85. The monoisotopic (exact) mass is 221 g/mol. The van der Waals surface area contributed by atoms with Gasteiger partial charge in [-0.3, -0.25) is 0 Å². The van der Waals surface area contributed by atoms with Crippen molar-refractivity contribution >= 4 is 18.4 Å². The second-order valence-corrected chi connectivity index (χ2v) is 3.41. The number of hydrogen-bond acceptors (Lipinski definition) is 2. The molecule has 5 heteroatoms. The Balaban J connectivity index is 0.00000169. The lowest BCUT2D eigenvalue weighted by atomic mass is 10.1. The molecule has 2 N–H and O–H groups in total. The Morgan fingerprint density at radius 1 is 1.57 bits per heavy atom. The first-order valence-electron chi connectivity index (χ1n) is 4.98. The Bertz CT molecular complexity index is 177. The first-order valence-corrected chi connectivity index (χ1v) is 4.98. The number of carbonyl (C=O) groups excluding carboxylic acids is 1. The van der Waals surface area contributed by atoms with Gasteiger partial charge in [-0.1, -0.05) is 0 Å². The first kappa shape index (κ1) is 13.5. The molecular weight excluding hydrogens is 202 g/mol. The molecular formula is C9H20ClN3O. The van der Waals surface area contributed by atoms with E-state index in [1.807, 2.05) is 18.9 Å². The van der Waals surface area contributed by atoms with E-state index in [-0.39, 0.29) is 18.4 Å². The van der Waals surface area contributed by atoms with Crippen LogP contribution in [0.4, 0.5) is 4.79 Å². The van der Waals surface area contributed by atoms with Crippen LogP contribution in [0, 0.1) is 0 Å². The fourth-order valence-electron chi connectivity index (χ4n) is 1.66. The zero-order valence-corrected chi connectivity index (χ0v) is 9.69. The quantitative estimate of drug-likeness (QED) is 0.726. The van der Waals surface area contributed by atoms with Crippen LogP contribution >= 0.6 is 12.4 Å². The van der Waals surface area contributed by atoms with Crippen LogP contribution in [0.15, 0.2) is 0 Å². The van der Waals surface area contributed by atoms with Gasteiger partial charge in [0.05, 0.1) is 0 Å². The fourth-order valence-corrected chi connectivity index (χ4v) is 1.66. The fraction of sp³-hybridized carbons (Fsp3) is 0.889. The van der Waals surface area contributed by atoms with Gasteiger partial charge >= 0.3 is 6.03 Å². The number of nitrogens with zero attached hydrogens (tertiary/aromatic N) is 1. The Morgan fingerprint density at radius 3 is 2.86 bits per heavy atom. The van der Waals surface area contributed by atoms with E-state index >= 15 is 0 Å². The molecule has 1 saturated heterocycles. The Hall–Kier alpha value is -0.480. The van der Waals surface area contributed by atoms with Crippen LogP contribution in [0.1, 0.15) is 19.8 Å². The Labute approximate surface area is 91.8 Å². The second kappa shape index (κ2) is 6.90. The van der Waals surface area contributed by atoms with Crippen molar-refractivity contribution in [2.75, 3.05) is 26.7 Å². The molecule has 1 fully saturated rings. The average molecular weight is 222 g/mol. The lowest BCUT2D eigenvalue weighted by molar-refractivity contribution is 0.175. The number of carbonyl (C=O) groups is 1. The SMILES string of the molecule is CCNC(=O)N1CCCC(NC)C1.Cl. The number of hydrogen-bond donors (Lipinski definition) is 2. The predicted molar refractivity (Wildman–Crippen MR) is 60.0 cm³/mol. The van der Waals surface area contributed by atoms with E-state index < -0.39 is 0 Å². The molecule has 4 nitrogen and oxygen atoms in total. The van der Waals surface area contributed by atoms with E-state index in [2.05, 4.69) is 10.6 Å². The minimum atomic E-state index is 0. The van der Waals surface area contributed by atoms with Crippen LogP contribution in [0.5, 0.6) is 0 Å². The van der Waals surface area contributed by atoms with Crippen molar-refractivity contribution < 1.29 is 4.79 Å². The summed E-state index contributed by atoms with van der Waals surface area (Å²) in [4.78, 5) is 13.3. The van der Waals surface area contributed by atoms with Crippen LogP contribution in [0.3, 0.4) is 0 Å².